The van der Waals surface area contributed by atoms with Gasteiger partial charge < -0.3 is 15.4 Å². The van der Waals surface area contributed by atoms with E-state index in [1.54, 1.807) is 0 Å². The van der Waals surface area contributed by atoms with Crippen molar-refractivity contribution in [1.82, 2.24) is 15.4 Å². The number of sulfonamides is 1. The van der Waals surface area contributed by atoms with Crippen LogP contribution in [0, 0.1) is 0 Å². The van der Waals surface area contributed by atoms with Gasteiger partial charge in [-0.3, -0.25) is 0 Å². The first-order valence-electron chi connectivity index (χ1n) is 10.7. The molecule has 32 heavy (non-hydrogen) atoms. The Morgan fingerprint density at radius 1 is 1.09 bits per heavy atom. The summed E-state index contributed by atoms with van der Waals surface area (Å²) in [5.74, 6) is 1.57. The van der Waals surface area contributed by atoms with E-state index in [1.165, 1.54) is 5.56 Å². The van der Waals surface area contributed by atoms with E-state index < -0.39 is 10.0 Å². The van der Waals surface area contributed by atoms with Gasteiger partial charge in [0.15, 0.2) is 5.96 Å². The number of para-hydroxylation sites is 1. The molecule has 1 atom stereocenters. The molecule has 0 aromatic heterocycles. The van der Waals surface area contributed by atoms with Gasteiger partial charge in [-0.25, -0.2) is 18.1 Å². The average molecular weight is 573 g/mol. The maximum absolute atomic E-state index is 12.4. The Balaban J connectivity index is 0.00000363. The van der Waals surface area contributed by atoms with Gasteiger partial charge in [0.1, 0.15) is 11.9 Å². The Morgan fingerprint density at radius 3 is 2.47 bits per heavy atom. The molecule has 0 bridgehead atoms. The molecule has 2 aromatic rings. The topological polar surface area (TPSA) is 91.8 Å². The third-order valence-electron chi connectivity index (χ3n) is 4.84. The fourth-order valence-electron chi connectivity index (χ4n) is 3.54. The van der Waals surface area contributed by atoms with Gasteiger partial charge in [0, 0.05) is 19.0 Å². The van der Waals surface area contributed by atoms with E-state index in [0.717, 1.165) is 29.8 Å². The minimum absolute atomic E-state index is 0. The molecule has 1 aliphatic heterocycles. The van der Waals surface area contributed by atoms with Gasteiger partial charge in [0.05, 0.1) is 18.8 Å². The van der Waals surface area contributed by atoms with E-state index in [2.05, 4.69) is 26.4 Å². The van der Waals surface area contributed by atoms with Crippen molar-refractivity contribution in [3.63, 3.8) is 0 Å². The molecule has 3 rings (SSSR count). The minimum atomic E-state index is -3.40. The highest BCUT2D eigenvalue weighted by Crippen LogP contribution is 2.27. The van der Waals surface area contributed by atoms with Crippen LogP contribution in [0.1, 0.15) is 37.5 Å². The number of nitrogens with zero attached hydrogens (tertiary/aromatic N) is 1. The summed E-state index contributed by atoms with van der Waals surface area (Å²) < 4.78 is 33.3. The monoisotopic (exact) mass is 572 g/mol. The second-order valence-electron chi connectivity index (χ2n) is 7.93. The highest BCUT2D eigenvalue weighted by Gasteiger charge is 2.22. The fourth-order valence-corrected chi connectivity index (χ4v) is 5.03. The van der Waals surface area contributed by atoms with E-state index in [-0.39, 0.29) is 41.9 Å². The number of halogens is 1. The smallest absolute Gasteiger partial charge is 0.216 e. The van der Waals surface area contributed by atoms with Crippen LogP contribution in [0.2, 0.25) is 0 Å². The van der Waals surface area contributed by atoms with Crippen LogP contribution in [0.15, 0.2) is 53.5 Å². The molecule has 1 aliphatic rings. The Hall–Kier alpha value is -1.85. The molecule has 0 saturated carbocycles. The fraction of sp³-hybridized carbons (Fsp3) is 0.435. The first-order chi connectivity index (χ1) is 14.9. The maximum atomic E-state index is 12.4. The van der Waals surface area contributed by atoms with Crippen molar-refractivity contribution in [3.05, 3.63) is 65.2 Å². The summed E-state index contributed by atoms with van der Waals surface area (Å²) in [5, 5.41) is 6.59. The normalized spacial score (nSPS) is 15.6. The molecule has 176 valence electrons. The Labute approximate surface area is 208 Å². The predicted molar refractivity (Wildman–Crippen MR) is 140 cm³/mol. The largest absolute Gasteiger partial charge is 0.488 e. The van der Waals surface area contributed by atoms with Crippen molar-refractivity contribution in [1.29, 1.82) is 0 Å². The number of ether oxygens (including phenoxy) is 1. The van der Waals surface area contributed by atoms with Gasteiger partial charge in [0.2, 0.25) is 10.0 Å². The molecule has 0 spiro atoms. The van der Waals surface area contributed by atoms with E-state index in [0.29, 0.717) is 19.0 Å². The van der Waals surface area contributed by atoms with Crippen LogP contribution < -0.4 is 20.1 Å². The van der Waals surface area contributed by atoms with Gasteiger partial charge in [0.25, 0.3) is 0 Å². The number of rotatable bonds is 9. The van der Waals surface area contributed by atoms with Gasteiger partial charge in [-0.2, -0.15) is 0 Å². The molecular formula is C23H33IN4O3S. The number of hydrogen-bond donors (Lipinski definition) is 3. The third kappa shape index (κ3) is 7.93. The molecule has 7 nitrogen and oxygen atoms in total. The summed E-state index contributed by atoms with van der Waals surface area (Å²) in [6.45, 7) is 7.38. The molecule has 0 fully saturated rings. The lowest BCUT2D eigenvalue weighted by atomic mass is 10.1. The zero-order valence-corrected chi connectivity index (χ0v) is 21.9. The SMILES string of the molecule is CCNC(=NCc1ccccc1CS(=O)(=O)NC(C)C)NCC1Cc2ccccc2O1.I. The van der Waals surface area contributed by atoms with Crippen molar-refractivity contribution in [2.24, 2.45) is 4.99 Å². The van der Waals surface area contributed by atoms with Crippen LogP contribution in [0.3, 0.4) is 0 Å². The standard InChI is InChI=1S/C23H32N4O3S.HI/c1-4-24-23(26-15-21-13-18-9-7-8-12-22(18)30-21)25-14-19-10-5-6-11-20(19)16-31(28,29)27-17(2)3;/h5-12,17,21,27H,4,13-16H2,1-3H3,(H2,24,25,26);1H. The van der Waals surface area contributed by atoms with Gasteiger partial charge in [-0.15, -0.1) is 24.0 Å². The molecule has 2 aromatic carbocycles. The first-order valence-corrected chi connectivity index (χ1v) is 12.3. The Bertz CT molecular complexity index is 987. The first kappa shape index (κ1) is 26.4. The van der Waals surface area contributed by atoms with Crippen LogP contribution >= 0.6 is 24.0 Å². The minimum Gasteiger partial charge on any atom is -0.488 e. The van der Waals surface area contributed by atoms with Crippen molar-refractivity contribution >= 4 is 40.0 Å². The number of fused-ring (bicyclic) bond motifs is 1. The van der Waals surface area contributed by atoms with E-state index in [4.69, 9.17) is 4.74 Å². The second-order valence-corrected chi connectivity index (χ2v) is 9.68. The number of benzene rings is 2. The van der Waals surface area contributed by atoms with Gasteiger partial charge in [-0.1, -0.05) is 42.5 Å². The van der Waals surface area contributed by atoms with Crippen LogP contribution in [0.4, 0.5) is 0 Å². The third-order valence-corrected chi connectivity index (χ3v) is 6.36. The molecule has 1 heterocycles. The Kier molecular flexibility index (Phi) is 10.2. The molecule has 0 radical (unpaired) electrons. The van der Waals surface area contributed by atoms with Crippen LogP contribution in [0.5, 0.6) is 5.75 Å². The zero-order valence-electron chi connectivity index (χ0n) is 18.8. The molecular weight excluding hydrogens is 539 g/mol. The summed E-state index contributed by atoms with van der Waals surface area (Å²) in [6.07, 6.45) is 0.923. The lowest BCUT2D eigenvalue weighted by Crippen LogP contribution is -2.42. The van der Waals surface area contributed by atoms with E-state index >= 15 is 0 Å². The molecule has 9 heteroatoms. The zero-order chi connectivity index (χ0) is 22.3. The van der Waals surface area contributed by atoms with Crippen LogP contribution in [-0.2, 0) is 28.7 Å². The lowest BCUT2D eigenvalue weighted by Gasteiger charge is -2.16. The quantitative estimate of drug-likeness (QED) is 0.244. The Morgan fingerprint density at radius 2 is 1.78 bits per heavy atom. The average Bonchev–Trinajstić information content (AvgIpc) is 3.13. The highest BCUT2D eigenvalue weighted by atomic mass is 127. The number of nitrogens with one attached hydrogen (secondary N) is 3. The summed E-state index contributed by atoms with van der Waals surface area (Å²) in [7, 11) is -3.40. The van der Waals surface area contributed by atoms with E-state index in [1.807, 2.05) is 63.2 Å². The van der Waals surface area contributed by atoms with Crippen LogP contribution in [-0.4, -0.2) is 39.6 Å². The molecule has 0 aliphatic carbocycles. The van der Waals surface area contributed by atoms with E-state index in [9.17, 15) is 8.42 Å². The number of guanidine groups is 1. The predicted octanol–water partition coefficient (Wildman–Crippen LogP) is 3.19. The molecule has 3 N–H and O–H groups in total. The maximum Gasteiger partial charge on any atom is 0.216 e. The number of aliphatic imine (C=N–C) groups is 1. The van der Waals surface area contributed by atoms with Gasteiger partial charge >= 0.3 is 0 Å². The van der Waals surface area contributed by atoms with Crippen LogP contribution in [0.25, 0.3) is 0 Å². The summed E-state index contributed by atoms with van der Waals surface area (Å²) in [6, 6.07) is 15.5. The molecule has 0 saturated heterocycles. The summed E-state index contributed by atoms with van der Waals surface area (Å²) in [4.78, 5) is 4.67. The van der Waals surface area contributed by atoms with Crippen molar-refractivity contribution in [2.75, 3.05) is 13.1 Å². The van der Waals surface area contributed by atoms with Crippen molar-refractivity contribution in [3.8, 4) is 5.75 Å². The van der Waals surface area contributed by atoms with Crippen molar-refractivity contribution < 1.29 is 13.2 Å². The second kappa shape index (κ2) is 12.4. The molecule has 1 unspecified atom stereocenters. The van der Waals surface area contributed by atoms with Gasteiger partial charge in [-0.05, 0) is 43.5 Å². The molecule has 0 amide bonds. The summed E-state index contributed by atoms with van der Waals surface area (Å²) in [5.41, 5.74) is 2.87. The van der Waals surface area contributed by atoms with Crippen molar-refractivity contribution in [2.45, 2.75) is 51.6 Å². The summed E-state index contributed by atoms with van der Waals surface area (Å²) >= 11 is 0. The number of hydrogen-bond acceptors (Lipinski definition) is 4. The lowest BCUT2D eigenvalue weighted by molar-refractivity contribution is 0.235. The highest BCUT2D eigenvalue weighted by molar-refractivity contribution is 14.0.